The average molecular weight is 359 g/mol. The Bertz CT molecular complexity index is 614. The maximum absolute atomic E-state index is 13.4. The molecule has 0 spiro atoms. The van der Waals surface area contributed by atoms with Crippen LogP contribution in [0.5, 0.6) is 0 Å². The van der Waals surface area contributed by atoms with Crippen LogP contribution in [-0.4, -0.2) is 49.2 Å². The van der Waals surface area contributed by atoms with Crippen molar-refractivity contribution < 1.29 is 14.3 Å². The second-order valence-electron chi connectivity index (χ2n) is 7.10. The molecule has 2 saturated heterocycles. The first-order valence-corrected chi connectivity index (χ1v) is 9.68. The summed E-state index contributed by atoms with van der Waals surface area (Å²) in [5.74, 6) is -0.257. The van der Waals surface area contributed by atoms with Crippen molar-refractivity contribution in [3.05, 3.63) is 35.9 Å². The van der Waals surface area contributed by atoms with E-state index in [0.717, 1.165) is 50.8 Å². The van der Waals surface area contributed by atoms with Crippen LogP contribution < -0.4 is 10.7 Å². The van der Waals surface area contributed by atoms with Gasteiger partial charge in [-0.3, -0.25) is 15.0 Å². The zero-order valence-corrected chi connectivity index (χ0v) is 15.5. The Morgan fingerprint density at radius 1 is 1.23 bits per heavy atom. The lowest BCUT2D eigenvalue weighted by Gasteiger charge is -2.40. The zero-order valence-electron chi connectivity index (χ0n) is 15.5. The van der Waals surface area contributed by atoms with Crippen molar-refractivity contribution in [2.45, 2.75) is 50.5 Å². The first kappa shape index (κ1) is 18.9. The number of rotatable bonds is 5. The standard InChI is InChI=1S/C20H29N3O3/c1-2-26-18(24)17-10-6-7-15-23(17)22-19(25)20(11-13-21-14-12-20)16-8-4-3-5-9-16/h3-5,8-9,17,21H,2,6-7,10-15H2,1H3,(H,22,25). The monoisotopic (exact) mass is 359 g/mol. The molecule has 2 fully saturated rings. The van der Waals surface area contributed by atoms with Crippen LogP contribution in [0.4, 0.5) is 0 Å². The van der Waals surface area contributed by atoms with Gasteiger partial charge in [0.15, 0.2) is 0 Å². The number of piperidine rings is 2. The molecule has 0 bridgehead atoms. The van der Waals surface area contributed by atoms with Crippen molar-refractivity contribution in [3.8, 4) is 0 Å². The predicted molar refractivity (Wildman–Crippen MR) is 99.3 cm³/mol. The number of ether oxygens (including phenoxy) is 1. The number of hydrazine groups is 1. The van der Waals surface area contributed by atoms with Gasteiger partial charge in [-0.15, -0.1) is 0 Å². The summed E-state index contributed by atoms with van der Waals surface area (Å²) in [4.78, 5) is 25.7. The molecule has 26 heavy (non-hydrogen) atoms. The fourth-order valence-corrected chi connectivity index (χ4v) is 4.04. The number of nitrogens with one attached hydrogen (secondary N) is 2. The minimum absolute atomic E-state index is 0.0126. The molecule has 1 aromatic rings. The quantitative estimate of drug-likeness (QED) is 0.784. The Morgan fingerprint density at radius 2 is 1.96 bits per heavy atom. The van der Waals surface area contributed by atoms with Gasteiger partial charge in [-0.1, -0.05) is 30.3 Å². The van der Waals surface area contributed by atoms with Crippen molar-refractivity contribution in [1.82, 2.24) is 15.8 Å². The van der Waals surface area contributed by atoms with Crippen molar-refractivity contribution in [1.29, 1.82) is 0 Å². The van der Waals surface area contributed by atoms with Crippen LogP contribution >= 0.6 is 0 Å². The van der Waals surface area contributed by atoms with Crippen molar-refractivity contribution in [2.75, 3.05) is 26.2 Å². The number of hydrogen-bond acceptors (Lipinski definition) is 5. The summed E-state index contributed by atoms with van der Waals surface area (Å²) in [6.07, 6.45) is 4.17. The zero-order chi connectivity index (χ0) is 18.4. The van der Waals surface area contributed by atoms with Crippen molar-refractivity contribution >= 4 is 11.9 Å². The molecule has 2 N–H and O–H groups in total. The summed E-state index contributed by atoms with van der Waals surface area (Å²) >= 11 is 0. The molecule has 0 radical (unpaired) electrons. The van der Waals surface area contributed by atoms with Gasteiger partial charge in [0.1, 0.15) is 6.04 Å². The van der Waals surface area contributed by atoms with E-state index in [4.69, 9.17) is 4.74 Å². The number of esters is 1. The minimum atomic E-state index is -0.552. The average Bonchev–Trinajstić information content (AvgIpc) is 2.69. The highest BCUT2D eigenvalue weighted by molar-refractivity contribution is 5.88. The summed E-state index contributed by atoms with van der Waals surface area (Å²) in [7, 11) is 0. The van der Waals surface area contributed by atoms with Gasteiger partial charge in [-0.2, -0.15) is 0 Å². The molecule has 0 aromatic heterocycles. The lowest BCUT2D eigenvalue weighted by molar-refractivity contribution is -0.154. The Labute approximate surface area is 155 Å². The molecule has 0 saturated carbocycles. The van der Waals surface area contributed by atoms with Gasteiger partial charge >= 0.3 is 5.97 Å². The van der Waals surface area contributed by atoms with Crippen LogP contribution in [0.1, 0.15) is 44.6 Å². The Hall–Kier alpha value is -1.92. The van der Waals surface area contributed by atoms with E-state index in [9.17, 15) is 9.59 Å². The number of carbonyl (C=O) groups is 2. The maximum Gasteiger partial charge on any atom is 0.325 e. The molecular weight excluding hydrogens is 330 g/mol. The third-order valence-electron chi connectivity index (χ3n) is 5.52. The van der Waals surface area contributed by atoms with E-state index in [-0.39, 0.29) is 17.9 Å². The normalized spacial score (nSPS) is 23.2. The van der Waals surface area contributed by atoms with E-state index < -0.39 is 5.41 Å². The number of nitrogens with zero attached hydrogens (tertiary/aromatic N) is 1. The molecule has 1 unspecified atom stereocenters. The van der Waals surface area contributed by atoms with E-state index in [1.807, 2.05) is 37.3 Å². The third-order valence-corrected chi connectivity index (χ3v) is 5.52. The van der Waals surface area contributed by atoms with Crippen LogP contribution in [0.2, 0.25) is 0 Å². The lowest BCUT2D eigenvalue weighted by Crippen LogP contribution is -2.60. The molecule has 6 nitrogen and oxygen atoms in total. The predicted octanol–water partition coefficient (Wildman–Crippen LogP) is 1.76. The molecule has 2 heterocycles. The van der Waals surface area contributed by atoms with Crippen LogP contribution in [0.25, 0.3) is 0 Å². The Kier molecular flexibility index (Phi) is 6.27. The first-order chi connectivity index (χ1) is 12.7. The summed E-state index contributed by atoms with van der Waals surface area (Å²) in [6, 6.07) is 9.61. The van der Waals surface area contributed by atoms with E-state index in [0.29, 0.717) is 13.2 Å². The fourth-order valence-electron chi connectivity index (χ4n) is 4.04. The van der Waals surface area contributed by atoms with E-state index >= 15 is 0 Å². The van der Waals surface area contributed by atoms with E-state index in [1.165, 1.54) is 0 Å². The molecule has 2 aliphatic heterocycles. The van der Waals surface area contributed by atoms with Gasteiger partial charge in [-0.05, 0) is 57.7 Å². The van der Waals surface area contributed by atoms with Crippen LogP contribution in [0.15, 0.2) is 30.3 Å². The molecular formula is C20H29N3O3. The number of hydrogen-bond donors (Lipinski definition) is 2. The maximum atomic E-state index is 13.4. The molecule has 0 aliphatic carbocycles. The second-order valence-corrected chi connectivity index (χ2v) is 7.10. The molecule has 142 valence electrons. The molecule has 2 aliphatic rings. The lowest BCUT2D eigenvalue weighted by atomic mass is 9.72. The Balaban J connectivity index is 1.80. The second kappa shape index (κ2) is 8.64. The van der Waals surface area contributed by atoms with Gasteiger partial charge in [-0.25, -0.2) is 5.01 Å². The van der Waals surface area contributed by atoms with E-state index in [2.05, 4.69) is 10.7 Å². The molecule has 3 rings (SSSR count). The smallest absolute Gasteiger partial charge is 0.325 e. The van der Waals surface area contributed by atoms with Crippen molar-refractivity contribution in [3.63, 3.8) is 0 Å². The first-order valence-electron chi connectivity index (χ1n) is 9.68. The molecule has 6 heteroatoms. The van der Waals surface area contributed by atoms with Gasteiger partial charge < -0.3 is 10.1 Å². The molecule has 1 amide bonds. The summed E-state index contributed by atoms with van der Waals surface area (Å²) in [5, 5.41) is 5.15. The Morgan fingerprint density at radius 3 is 2.65 bits per heavy atom. The number of benzene rings is 1. The van der Waals surface area contributed by atoms with Crippen LogP contribution in [0.3, 0.4) is 0 Å². The van der Waals surface area contributed by atoms with Gasteiger partial charge in [0.05, 0.1) is 12.0 Å². The van der Waals surface area contributed by atoms with E-state index in [1.54, 1.807) is 5.01 Å². The van der Waals surface area contributed by atoms with Crippen molar-refractivity contribution in [2.24, 2.45) is 0 Å². The van der Waals surface area contributed by atoms with Gasteiger partial charge in [0.25, 0.3) is 0 Å². The molecule has 1 aromatic carbocycles. The minimum Gasteiger partial charge on any atom is -0.465 e. The topological polar surface area (TPSA) is 70.7 Å². The highest BCUT2D eigenvalue weighted by atomic mass is 16.5. The van der Waals surface area contributed by atoms with Crippen LogP contribution in [-0.2, 0) is 19.7 Å². The summed E-state index contributed by atoms with van der Waals surface area (Å²) < 4.78 is 5.21. The summed E-state index contributed by atoms with van der Waals surface area (Å²) in [6.45, 7) is 4.46. The van der Waals surface area contributed by atoms with Crippen LogP contribution in [0, 0.1) is 0 Å². The number of amides is 1. The summed E-state index contributed by atoms with van der Waals surface area (Å²) in [5.41, 5.74) is 3.58. The number of carbonyl (C=O) groups excluding carboxylic acids is 2. The highest BCUT2D eigenvalue weighted by Gasteiger charge is 2.43. The highest BCUT2D eigenvalue weighted by Crippen LogP contribution is 2.34. The fraction of sp³-hybridized carbons (Fsp3) is 0.600. The SMILES string of the molecule is CCOC(=O)C1CCCCN1NC(=O)C1(c2ccccc2)CCNCC1. The molecule has 1 atom stereocenters. The van der Waals surface area contributed by atoms with Gasteiger partial charge in [0, 0.05) is 6.54 Å². The largest absolute Gasteiger partial charge is 0.465 e. The third kappa shape index (κ3) is 3.91. The van der Waals surface area contributed by atoms with Gasteiger partial charge in [0.2, 0.25) is 5.91 Å².